The number of halogens is 17. The molecule has 21 heteroatoms. The maximum atomic E-state index is 13.0. The van der Waals surface area contributed by atoms with Crippen LogP contribution in [-0.2, 0) is 10.1 Å². The smallest absolute Gasteiger partial charge is 0.281 e. The molecular formula is C8HF17O3S. The lowest BCUT2D eigenvalue weighted by atomic mass is 10.1. The van der Waals surface area contributed by atoms with Crippen molar-refractivity contribution in [2.75, 3.05) is 0 Å². The Hall–Kier alpha value is -1.28. The summed E-state index contributed by atoms with van der Waals surface area (Å²) in [6.45, 7) is 0. The van der Waals surface area contributed by atoms with Crippen LogP contribution in [0.4, 0.5) is 74.6 Å². The molecule has 176 valence electrons. The van der Waals surface area contributed by atoms with Crippen LogP contribution in [0.1, 0.15) is 0 Å². The van der Waals surface area contributed by atoms with Gasteiger partial charge in [-0.05, 0) is 0 Å². The van der Waals surface area contributed by atoms with Crippen LogP contribution >= 0.6 is 0 Å². The minimum Gasteiger partial charge on any atom is -0.281 e. The van der Waals surface area contributed by atoms with Gasteiger partial charge in [-0.25, -0.2) is 0 Å². The van der Waals surface area contributed by atoms with Crippen molar-refractivity contribution >= 4 is 10.1 Å². The van der Waals surface area contributed by atoms with Crippen molar-refractivity contribution in [3.8, 4) is 0 Å². The van der Waals surface area contributed by atoms with Crippen LogP contribution in [0.2, 0.25) is 0 Å². The second kappa shape index (κ2) is 6.36. The minimum atomic E-state index is -8.89. The Morgan fingerprint density at radius 1 is 0.414 bits per heavy atom. The van der Waals surface area contributed by atoms with E-state index in [2.05, 4.69) is 0 Å². The minimum absolute atomic E-state index is 7.67. The predicted octanol–water partition coefficient (Wildman–Crippen LogP) is 4.84. The van der Waals surface area contributed by atoms with E-state index in [1.165, 1.54) is 0 Å². The third kappa shape index (κ3) is 3.26. The van der Waals surface area contributed by atoms with Crippen molar-refractivity contribution in [1.82, 2.24) is 0 Å². The van der Waals surface area contributed by atoms with E-state index < -0.39 is 57.1 Å². The maximum Gasteiger partial charge on any atom is 0.460 e. The Balaban J connectivity index is 6.90. The van der Waals surface area contributed by atoms with Gasteiger partial charge in [0, 0.05) is 0 Å². The first kappa shape index (κ1) is 27.7. The fourth-order valence-corrected chi connectivity index (χ4v) is 1.76. The fourth-order valence-electron chi connectivity index (χ4n) is 1.31. The van der Waals surface area contributed by atoms with E-state index >= 15 is 0 Å². The molecule has 0 atom stereocenters. The lowest BCUT2D eigenvalue weighted by Gasteiger charge is -2.42. The third-order valence-electron chi connectivity index (χ3n) is 3.02. The summed E-state index contributed by atoms with van der Waals surface area (Å²) in [5.41, 5.74) is 0. The Morgan fingerprint density at radius 2 is 0.621 bits per heavy atom. The average Bonchev–Trinajstić information content (AvgIpc) is 2.43. The summed E-state index contributed by atoms with van der Waals surface area (Å²) in [7, 11) is -7.89. The molecule has 0 aliphatic heterocycles. The van der Waals surface area contributed by atoms with E-state index in [0.717, 1.165) is 0 Å². The summed E-state index contributed by atoms with van der Waals surface area (Å²) in [6, 6.07) is 0. The first-order chi connectivity index (χ1) is 12.0. The molecular weight excluding hydrogens is 507 g/mol. The van der Waals surface area contributed by atoms with Gasteiger partial charge in [0.2, 0.25) is 0 Å². The largest absolute Gasteiger partial charge is 0.460 e. The molecule has 0 aromatic rings. The van der Waals surface area contributed by atoms with Gasteiger partial charge >= 0.3 is 57.1 Å². The summed E-state index contributed by atoms with van der Waals surface area (Å²) in [5.74, 6) is -52.0. The monoisotopic (exact) mass is 508 g/mol. The molecule has 0 unspecified atom stereocenters. The highest BCUT2D eigenvalue weighted by molar-refractivity contribution is 7.87. The van der Waals surface area contributed by atoms with Crippen LogP contribution < -0.4 is 0 Å². The van der Waals surface area contributed by atoms with E-state index in [1.807, 2.05) is 0 Å². The molecule has 0 aromatic heterocycles. The van der Waals surface area contributed by atoms with Crippen molar-refractivity contribution < 1.29 is 87.6 Å². The number of hydrogen-bond acceptors (Lipinski definition) is 2. The van der Waals surface area contributed by atoms with Crippen molar-refractivity contribution in [3.63, 3.8) is 0 Å². The second-order valence-corrected chi connectivity index (χ2v) is 6.40. The number of alkyl halides is 17. The highest BCUT2D eigenvalue weighted by Gasteiger charge is 2.96. The standard InChI is InChI=1S/C8HF17O3S/c9-1(10,3(13,14)5(17,18)7(21,22)23)2(11,12)4(15,16)6(19,20)8(24,25)29(26,27)28/h(H,26,27,28)/i2+1,4+1,6+1,8+1,26+2,27+2. The van der Waals surface area contributed by atoms with E-state index in [-0.39, 0.29) is 0 Å². The molecule has 0 rings (SSSR count). The molecule has 1 N–H and O–H groups in total. The van der Waals surface area contributed by atoms with Gasteiger partial charge in [-0.2, -0.15) is 83.1 Å². The Kier molecular flexibility index (Phi) is 6.08. The van der Waals surface area contributed by atoms with Crippen molar-refractivity contribution in [2.45, 2.75) is 47.0 Å². The maximum absolute atomic E-state index is 13.0. The van der Waals surface area contributed by atoms with Crippen molar-refractivity contribution in [2.24, 2.45) is 0 Å². The molecule has 0 bridgehead atoms. The van der Waals surface area contributed by atoms with E-state index in [1.54, 1.807) is 0 Å². The number of rotatable bonds is 7. The van der Waals surface area contributed by atoms with Gasteiger partial charge in [-0.3, -0.25) is 4.55 Å². The zero-order valence-corrected chi connectivity index (χ0v) is 12.9. The summed E-state index contributed by atoms with van der Waals surface area (Å²) in [4.78, 5) is 0. The Labute approximate surface area is 146 Å². The zero-order chi connectivity index (χ0) is 24.5. The molecule has 0 spiro atoms. The van der Waals surface area contributed by atoms with Gasteiger partial charge in [0.1, 0.15) is 0 Å². The Bertz CT molecular complexity index is 732. The van der Waals surface area contributed by atoms with E-state index in [9.17, 15) is 83.1 Å². The average molecular weight is 508 g/mol. The summed E-state index contributed by atoms with van der Waals surface area (Å²) < 4.78 is 242. The zero-order valence-electron chi connectivity index (χ0n) is 12.1. The lowest BCUT2D eigenvalue weighted by molar-refractivity contribution is -0.458. The van der Waals surface area contributed by atoms with Crippen LogP contribution in [0.3, 0.4) is 0 Å². The highest BCUT2D eigenvalue weighted by atomic mass is 32.3. The van der Waals surface area contributed by atoms with Gasteiger partial charge in [0.15, 0.2) is 0 Å². The molecule has 0 fully saturated rings. The van der Waals surface area contributed by atoms with Gasteiger partial charge in [-0.15, -0.1) is 0 Å². The molecule has 0 aromatic carbocycles. The lowest BCUT2D eigenvalue weighted by Crippen LogP contribution is -2.74. The molecule has 29 heavy (non-hydrogen) atoms. The molecule has 0 radical (unpaired) electrons. The van der Waals surface area contributed by atoms with Crippen LogP contribution in [0.25, 0.3) is 0 Å². The van der Waals surface area contributed by atoms with E-state index in [4.69, 9.17) is 4.55 Å². The molecule has 3 nitrogen and oxygen atoms in total. The van der Waals surface area contributed by atoms with Gasteiger partial charge in [0.25, 0.3) is 0 Å². The van der Waals surface area contributed by atoms with Gasteiger partial charge in [-0.1, -0.05) is 0 Å². The Morgan fingerprint density at radius 3 is 0.828 bits per heavy atom. The third-order valence-corrected chi connectivity index (χ3v) is 3.92. The highest BCUT2D eigenvalue weighted by Crippen LogP contribution is 2.64. The first-order valence-corrected chi connectivity index (χ1v) is 7.12. The molecule has 0 saturated heterocycles. The van der Waals surface area contributed by atoms with E-state index in [0.29, 0.717) is 0 Å². The summed E-state index contributed by atoms with van der Waals surface area (Å²) in [5, 5.41) is -7.84. The van der Waals surface area contributed by atoms with Crippen LogP contribution in [0.15, 0.2) is 0 Å². The first-order valence-electron chi connectivity index (χ1n) is 5.68. The summed E-state index contributed by atoms with van der Waals surface area (Å²) >= 11 is 0. The van der Waals surface area contributed by atoms with Crippen LogP contribution in [0, 0.1) is 0 Å². The number of hydrogen-bond donors (Lipinski definition) is 1. The van der Waals surface area contributed by atoms with Crippen molar-refractivity contribution in [3.05, 3.63) is 0 Å². The fraction of sp³-hybridized carbons (Fsp3) is 1.00. The molecule has 0 amide bonds. The quantitative estimate of drug-likeness (QED) is 0.232. The van der Waals surface area contributed by atoms with Crippen LogP contribution in [-0.4, -0.2) is 59.9 Å². The SMILES string of the molecule is OS(=[18O])(=[18O])[13C](F)(F)[13C](F)(F)[13C](F)(F)[13C](F)(F)C(F)(F)C(F)(F)C(F)(F)C(F)(F)F. The molecule has 0 aliphatic rings. The van der Waals surface area contributed by atoms with Crippen molar-refractivity contribution in [1.29, 1.82) is 0 Å². The molecule has 0 aliphatic carbocycles. The second-order valence-electron chi connectivity index (χ2n) is 4.94. The summed E-state index contributed by atoms with van der Waals surface area (Å²) in [6.07, 6.45) is -7.88. The molecule has 0 saturated carbocycles. The molecule has 0 heterocycles. The van der Waals surface area contributed by atoms with Crippen LogP contribution in [0.5, 0.6) is 0 Å². The van der Waals surface area contributed by atoms with Gasteiger partial charge < -0.3 is 0 Å². The topological polar surface area (TPSA) is 54.4 Å². The normalized spacial score (nSPS) is 16.9. The predicted molar refractivity (Wildman–Crippen MR) is 52.2 cm³/mol. The van der Waals surface area contributed by atoms with Gasteiger partial charge in [0.05, 0.1) is 0 Å².